The molecule has 32 heavy (non-hydrogen) atoms. The quantitative estimate of drug-likeness (QED) is 0.352. The Hall–Kier alpha value is -2.91. The predicted octanol–water partition coefficient (Wildman–Crippen LogP) is 2.17. The molecule has 0 radical (unpaired) electrons. The van der Waals surface area contributed by atoms with Gasteiger partial charge in [0.1, 0.15) is 5.82 Å². The van der Waals surface area contributed by atoms with Gasteiger partial charge in [-0.2, -0.15) is 0 Å². The van der Waals surface area contributed by atoms with Gasteiger partial charge in [-0.05, 0) is 33.5 Å². The van der Waals surface area contributed by atoms with Crippen molar-refractivity contribution in [1.29, 1.82) is 0 Å². The van der Waals surface area contributed by atoms with Crippen LogP contribution in [0.2, 0.25) is 0 Å². The summed E-state index contributed by atoms with van der Waals surface area (Å²) in [4.78, 5) is 12.9. The third-order valence-electron chi connectivity index (χ3n) is 4.96. The molecule has 3 aromatic rings. The van der Waals surface area contributed by atoms with Gasteiger partial charge >= 0.3 is 7.60 Å². The third-order valence-corrected chi connectivity index (χ3v) is 6.64. The van der Waals surface area contributed by atoms with Crippen molar-refractivity contribution in [3.63, 3.8) is 0 Å². The molecule has 0 spiro atoms. The van der Waals surface area contributed by atoms with E-state index in [0.29, 0.717) is 25.2 Å². The molecule has 3 N–H and O–H groups in total. The van der Waals surface area contributed by atoms with Gasteiger partial charge in [0.15, 0.2) is 0 Å². The summed E-state index contributed by atoms with van der Waals surface area (Å²) >= 11 is 0. The molecule has 0 saturated carbocycles. The number of benzene rings is 2. The van der Waals surface area contributed by atoms with Crippen molar-refractivity contribution in [1.82, 2.24) is 31.3 Å². The van der Waals surface area contributed by atoms with Crippen molar-refractivity contribution in [2.45, 2.75) is 18.9 Å². The Morgan fingerprint density at radius 3 is 2.38 bits per heavy atom. The number of aromatic nitrogens is 4. The van der Waals surface area contributed by atoms with Crippen LogP contribution in [0, 0.1) is 0 Å². The summed E-state index contributed by atoms with van der Waals surface area (Å²) in [5, 5.41) is 19.4. The van der Waals surface area contributed by atoms with Crippen LogP contribution in [-0.4, -0.2) is 59.6 Å². The number of hydrogen-bond donors (Lipinski definition) is 3. The summed E-state index contributed by atoms with van der Waals surface area (Å²) in [5.41, 5.74) is 3.17. The lowest BCUT2D eigenvalue weighted by Gasteiger charge is -2.21. The van der Waals surface area contributed by atoms with E-state index in [1.54, 1.807) is 0 Å². The Balaban J connectivity index is 1.66. The van der Waals surface area contributed by atoms with Crippen molar-refractivity contribution in [3.05, 3.63) is 66.0 Å². The molecule has 0 unspecified atom stereocenters. The molecule has 0 fully saturated rings. The predicted molar refractivity (Wildman–Crippen MR) is 120 cm³/mol. The number of aromatic amines is 1. The van der Waals surface area contributed by atoms with Crippen LogP contribution in [-0.2, 0) is 31.2 Å². The lowest BCUT2D eigenvalue weighted by molar-refractivity contribution is -0.123. The van der Waals surface area contributed by atoms with E-state index in [1.807, 2.05) is 54.6 Å². The smallest absolute Gasteiger partial charge is 0.343 e. The first-order chi connectivity index (χ1) is 15.5. The number of nitrogens with zero attached hydrogens (tertiary/aromatic N) is 3. The first-order valence-corrected chi connectivity index (χ1v) is 11.8. The normalized spacial score (nSPS) is 12.4. The molecule has 0 aliphatic rings. The molecule has 0 aliphatic heterocycles. The van der Waals surface area contributed by atoms with Gasteiger partial charge in [0.2, 0.25) is 5.91 Å². The summed E-state index contributed by atoms with van der Waals surface area (Å²) < 4.78 is 22.4. The van der Waals surface area contributed by atoms with E-state index in [9.17, 15) is 9.36 Å². The van der Waals surface area contributed by atoms with Gasteiger partial charge in [-0.3, -0.25) is 14.7 Å². The number of amides is 1. The fourth-order valence-electron chi connectivity index (χ4n) is 3.09. The Kier molecular flexibility index (Phi) is 8.64. The van der Waals surface area contributed by atoms with Gasteiger partial charge in [0, 0.05) is 27.2 Å². The van der Waals surface area contributed by atoms with Crippen molar-refractivity contribution in [2.75, 3.05) is 27.1 Å². The molecule has 1 heterocycles. The van der Waals surface area contributed by atoms with Gasteiger partial charge in [-0.15, -0.1) is 5.10 Å². The van der Waals surface area contributed by atoms with Gasteiger partial charge in [-0.1, -0.05) is 54.6 Å². The SMILES string of the molecule is COP(=O)(CN[C@@H](Cc1ccc(-c2ccccc2)cc1)C(=O)NCCc1nnn[nH]1)OC. The number of carbonyl (C=O) groups excluding carboxylic acids is 1. The molecule has 0 saturated heterocycles. The topological polar surface area (TPSA) is 131 Å². The molecule has 11 heteroatoms. The standard InChI is InChI=1S/C21H27N6O4P/c1-30-32(29,31-2)15-23-19(21(28)22-13-12-20-24-26-27-25-20)14-16-8-10-18(11-9-16)17-6-4-3-5-7-17/h3-11,19,23H,12-15H2,1-2H3,(H,22,28)(H,24,25,26,27)/t19-/m0/s1. The summed E-state index contributed by atoms with van der Waals surface area (Å²) in [5.74, 6) is 0.345. The van der Waals surface area contributed by atoms with E-state index in [2.05, 4.69) is 31.3 Å². The van der Waals surface area contributed by atoms with Crippen LogP contribution in [0.1, 0.15) is 11.4 Å². The molecule has 0 aliphatic carbocycles. The molecule has 0 bridgehead atoms. The second kappa shape index (κ2) is 11.6. The van der Waals surface area contributed by atoms with E-state index in [-0.39, 0.29) is 12.2 Å². The van der Waals surface area contributed by atoms with Gasteiger partial charge in [0.05, 0.1) is 12.3 Å². The Bertz CT molecular complexity index is 1010. The highest BCUT2D eigenvalue weighted by Crippen LogP contribution is 2.44. The van der Waals surface area contributed by atoms with Crippen molar-refractivity contribution in [3.8, 4) is 11.1 Å². The number of tetrazole rings is 1. The summed E-state index contributed by atoms with van der Waals surface area (Å²) in [6.45, 7) is 0.354. The van der Waals surface area contributed by atoms with E-state index in [0.717, 1.165) is 16.7 Å². The Morgan fingerprint density at radius 1 is 1.06 bits per heavy atom. The average molecular weight is 458 g/mol. The second-order valence-electron chi connectivity index (χ2n) is 7.05. The minimum atomic E-state index is -3.32. The Labute approximate surface area is 186 Å². The largest absolute Gasteiger partial charge is 0.354 e. The molecule has 10 nitrogen and oxygen atoms in total. The van der Waals surface area contributed by atoms with Crippen LogP contribution in [0.25, 0.3) is 11.1 Å². The molecular formula is C21H27N6O4P. The molecule has 170 valence electrons. The van der Waals surface area contributed by atoms with Crippen molar-refractivity contribution < 1.29 is 18.4 Å². The Morgan fingerprint density at radius 2 is 1.75 bits per heavy atom. The van der Waals surface area contributed by atoms with E-state index < -0.39 is 13.6 Å². The van der Waals surface area contributed by atoms with E-state index in [4.69, 9.17) is 9.05 Å². The van der Waals surface area contributed by atoms with Crippen LogP contribution >= 0.6 is 7.60 Å². The van der Waals surface area contributed by atoms with Gasteiger partial charge < -0.3 is 14.4 Å². The fourth-order valence-corrected chi connectivity index (χ4v) is 3.95. The maximum atomic E-state index is 12.9. The highest BCUT2D eigenvalue weighted by molar-refractivity contribution is 7.53. The lowest BCUT2D eigenvalue weighted by Crippen LogP contribution is -2.46. The zero-order chi connectivity index (χ0) is 22.8. The number of rotatable bonds is 12. The molecule has 2 aromatic carbocycles. The number of hydrogen-bond acceptors (Lipinski definition) is 8. The maximum Gasteiger partial charge on any atom is 0.343 e. The molecule has 1 atom stereocenters. The lowest BCUT2D eigenvalue weighted by atomic mass is 10.0. The monoisotopic (exact) mass is 458 g/mol. The molecular weight excluding hydrogens is 431 g/mol. The first kappa shape index (κ1) is 23.7. The van der Waals surface area contributed by atoms with Crippen LogP contribution < -0.4 is 10.6 Å². The van der Waals surface area contributed by atoms with Crippen LogP contribution in [0.3, 0.4) is 0 Å². The van der Waals surface area contributed by atoms with Crippen molar-refractivity contribution >= 4 is 13.5 Å². The van der Waals surface area contributed by atoms with Crippen LogP contribution in [0.15, 0.2) is 54.6 Å². The molecule has 1 amide bonds. The van der Waals surface area contributed by atoms with E-state index in [1.165, 1.54) is 14.2 Å². The zero-order valence-electron chi connectivity index (χ0n) is 18.0. The first-order valence-electron chi connectivity index (χ1n) is 10.1. The number of carbonyl (C=O) groups is 1. The minimum absolute atomic E-state index is 0.0911. The van der Waals surface area contributed by atoms with Gasteiger partial charge in [0.25, 0.3) is 0 Å². The highest BCUT2D eigenvalue weighted by atomic mass is 31.2. The summed E-state index contributed by atoms with van der Waals surface area (Å²) in [6.07, 6.45) is 0.774. The number of H-pyrrole nitrogens is 1. The summed E-state index contributed by atoms with van der Waals surface area (Å²) in [7, 11) is -0.687. The van der Waals surface area contributed by atoms with Crippen molar-refractivity contribution in [2.24, 2.45) is 0 Å². The van der Waals surface area contributed by atoms with E-state index >= 15 is 0 Å². The minimum Gasteiger partial charge on any atom is -0.354 e. The second-order valence-corrected chi connectivity index (χ2v) is 9.32. The number of nitrogens with one attached hydrogen (secondary N) is 3. The van der Waals surface area contributed by atoms with Gasteiger partial charge in [-0.25, -0.2) is 5.10 Å². The van der Waals surface area contributed by atoms with Crippen LogP contribution in [0.5, 0.6) is 0 Å². The van der Waals surface area contributed by atoms with Crippen LogP contribution in [0.4, 0.5) is 0 Å². The highest BCUT2D eigenvalue weighted by Gasteiger charge is 2.26. The average Bonchev–Trinajstić information content (AvgIpc) is 3.36. The maximum absolute atomic E-state index is 12.9. The fraction of sp³-hybridized carbons (Fsp3) is 0.333. The summed E-state index contributed by atoms with van der Waals surface area (Å²) in [6, 6.07) is 17.4. The third kappa shape index (κ3) is 6.80. The molecule has 3 rings (SSSR count). The zero-order valence-corrected chi connectivity index (χ0v) is 18.9. The molecule has 1 aromatic heterocycles.